The van der Waals surface area contributed by atoms with Gasteiger partial charge in [0.2, 0.25) is 0 Å². The summed E-state index contributed by atoms with van der Waals surface area (Å²) in [7, 11) is 0. The van der Waals surface area contributed by atoms with Gasteiger partial charge in [0.1, 0.15) is 5.82 Å². The quantitative estimate of drug-likeness (QED) is 0.458. The summed E-state index contributed by atoms with van der Waals surface area (Å²) in [6.07, 6.45) is 2.75. The molecule has 6 heteroatoms. The van der Waals surface area contributed by atoms with E-state index in [0.29, 0.717) is 22.9 Å². The van der Waals surface area contributed by atoms with E-state index < -0.39 is 0 Å². The molecule has 3 N–H and O–H groups in total. The van der Waals surface area contributed by atoms with E-state index in [1.165, 1.54) is 17.7 Å². The molecule has 1 unspecified atom stereocenters. The highest BCUT2D eigenvalue weighted by Gasteiger charge is 2.25. The van der Waals surface area contributed by atoms with Crippen molar-refractivity contribution in [3.05, 3.63) is 95.4 Å². The standard InChI is InChI=1S/C27H27FN4O/c1-18-13-21(29-15-24-23-14-20(28)7-9-26(23)31-27(24)33)8-10-25(18)30-22-11-12-32(17-22)16-19-5-3-2-4-6-19/h2-10,13-15,22,29-30H,11-12,16-17H2,1H3,(H,31,33). The molecule has 0 spiro atoms. The van der Waals surface area contributed by atoms with Gasteiger partial charge in [-0.25, -0.2) is 4.39 Å². The number of nitrogens with zero attached hydrogens (tertiary/aromatic N) is 1. The number of anilines is 3. The van der Waals surface area contributed by atoms with Crippen molar-refractivity contribution >= 4 is 28.5 Å². The maximum atomic E-state index is 13.6. The predicted octanol–water partition coefficient (Wildman–Crippen LogP) is 5.23. The molecule has 33 heavy (non-hydrogen) atoms. The first-order valence-electron chi connectivity index (χ1n) is 11.3. The molecule has 0 radical (unpaired) electrons. The molecule has 3 aromatic rings. The number of carbonyl (C=O) groups is 1. The van der Waals surface area contributed by atoms with Crippen LogP contribution in [-0.2, 0) is 11.3 Å². The van der Waals surface area contributed by atoms with E-state index in [9.17, 15) is 9.18 Å². The van der Waals surface area contributed by atoms with Crippen molar-refractivity contribution in [2.45, 2.75) is 25.9 Å². The van der Waals surface area contributed by atoms with Gasteiger partial charge in [0.15, 0.2) is 0 Å². The van der Waals surface area contributed by atoms with E-state index in [4.69, 9.17) is 0 Å². The van der Waals surface area contributed by atoms with E-state index >= 15 is 0 Å². The normalized spacial score (nSPS) is 18.9. The average molecular weight is 443 g/mol. The minimum atomic E-state index is -0.364. The number of amides is 1. The maximum absolute atomic E-state index is 13.6. The SMILES string of the molecule is Cc1cc(NC=C2C(=O)Nc3ccc(F)cc32)ccc1NC1CCN(Cc2ccccc2)C1. The van der Waals surface area contributed by atoms with Crippen molar-refractivity contribution in [2.24, 2.45) is 0 Å². The van der Waals surface area contributed by atoms with Gasteiger partial charge in [-0.3, -0.25) is 9.69 Å². The molecule has 5 rings (SSSR count). The van der Waals surface area contributed by atoms with Crippen LogP contribution in [0, 0.1) is 12.7 Å². The molecule has 0 aliphatic carbocycles. The molecule has 0 saturated carbocycles. The zero-order chi connectivity index (χ0) is 22.8. The Kier molecular flexibility index (Phi) is 5.84. The molecule has 2 heterocycles. The van der Waals surface area contributed by atoms with Gasteiger partial charge >= 0.3 is 0 Å². The fourth-order valence-electron chi connectivity index (χ4n) is 4.53. The lowest BCUT2D eigenvalue weighted by Crippen LogP contribution is -2.26. The van der Waals surface area contributed by atoms with Gasteiger partial charge in [0.05, 0.1) is 5.57 Å². The van der Waals surface area contributed by atoms with Crippen molar-refractivity contribution in [1.82, 2.24) is 4.90 Å². The molecule has 0 aromatic heterocycles. The third-order valence-electron chi connectivity index (χ3n) is 6.26. The Morgan fingerprint density at radius 1 is 1.12 bits per heavy atom. The predicted molar refractivity (Wildman–Crippen MR) is 132 cm³/mol. The molecule has 168 valence electrons. The summed E-state index contributed by atoms with van der Waals surface area (Å²) in [4.78, 5) is 14.7. The van der Waals surface area contributed by atoms with Crippen LogP contribution < -0.4 is 16.0 Å². The summed E-state index contributed by atoms with van der Waals surface area (Å²) in [5.41, 5.74) is 6.09. The van der Waals surface area contributed by atoms with E-state index in [1.54, 1.807) is 12.3 Å². The zero-order valence-electron chi connectivity index (χ0n) is 18.6. The van der Waals surface area contributed by atoms with Crippen LogP contribution in [0.5, 0.6) is 0 Å². The highest BCUT2D eigenvalue weighted by molar-refractivity contribution is 6.31. The van der Waals surface area contributed by atoms with Crippen LogP contribution in [0.15, 0.2) is 72.9 Å². The minimum absolute atomic E-state index is 0.237. The second kappa shape index (κ2) is 9.08. The molecule has 0 bridgehead atoms. The number of hydrogen-bond acceptors (Lipinski definition) is 4. The number of rotatable bonds is 6. The van der Waals surface area contributed by atoms with Crippen molar-refractivity contribution in [3.63, 3.8) is 0 Å². The van der Waals surface area contributed by atoms with Crippen LogP contribution >= 0.6 is 0 Å². The van der Waals surface area contributed by atoms with Crippen LogP contribution in [0.4, 0.5) is 21.5 Å². The Bertz CT molecular complexity index is 1210. The maximum Gasteiger partial charge on any atom is 0.257 e. The molecular weight excluding hydrogens is 415 g/mol. The molecule has 2 aliphatic heterocycles. The first-order valence-corrected chi connectivity index (χ1v) is 11.3. The number of carbonyl (C=O) groups excluding carboxylic acids is 1. The number of nitrogens with one attached hydrogen (secondary N) is 3. The monoisotopic (exact) mass is 442 g/mol. The molecule has 1 atom stereocenters. The first-order chi connectivity index (χ1) is 16.0. The summed E-state index contributed by atoms with van der Waals surface area (Å²) in [5.74, 6) is -0.601. The highest BCUT2D eigenvalue weighted by Crippen LogP contribution is 2.32. The summed E-state index contributed by atoms with van der Waals surface area (Å²) < 4.78 is 13.6. The van der Waals surface area contributed by atoms with Gasteiger partial charge in [0.25, 0.3) is 5.91 Å². The molecule has 1 fully saturated rings. The van der Waals surface area contributed by atoms with Crippen LogP contribution in [0.25, 0.3) is 5.57 Å². The van der Waals surface area contributed by atoms with Gasteiger partial charge in [-0.1, -0.05) is 30.3 Å². The number of fused-ring (bicyclic) bond motifs is 1. The van der Waals surface area contributed by atoms with Crippen molar-refractivity contribution in [3.8, 4) is 0 Å². The van der Waals surface area contributed by atoms with Crippen molar-refractivity contribution < 1.29 is 9.18 Å². The fourth-order valence-corrected chi connectivity index (χ4v) is 4.53. The van der Waals surface area contributed by atoms with Crippen molar-refractivity contribution in [2.75, 3.05) is 29.0 Å². The van der Waals surface area contributed by atoms with Crippen LogP contribution in [0.1, 0.15) is 23.1 Å². The van der Waals surface area contributed by atoms with Gasteiger partial charge in [0, 0.05) is 54.5 Å². The zero-order valence-corrected chi connectivity index (χ0v) is 18.6. The van der Waals surface area contributed by atoms with E-state index in [0.717, 1.165) is 43.0 Å². The molecular formula is C27H27FN4O. The molecule has 1 amide bonds. The van der Waals surface area contributed by atoms with E-state index in [-0.39, 0.29) is 11.7 Å². The third kappa shape index (κ3) is 4.76. The van der Waals surface area contributed by atoms with Gasteiger partial charge in [-0.2, -0.15) is 0 Å². The number of benzene rings is 3. The largest absolute Gasteiger partial charge is 0.381 e. The summed E-state index contributed by atoms with van der Waals surface area (Å²) in [6.45, 7) is 5.16. The molecule has 1 saturated heterocycles. The molecule has 5 nitrogen and oxygen atoms in total. The first kappa shape index (κ1) is 21.2. The minimum Gasteiger partial charge on any atom is -0.381 e. The Labute approximate surface area is 193 Å². The second-order valence-electron chi connectivity index (χ2n) is 8.73. The van der Waals surface area contributed by atoms with Gasteiger partial charge in [-0.15, -0.1) is 0 Å². The van der Waals surface area contributed by atoms with Gasteiger partial charge < -0.3 is 16.0 Å². The van der Waals surface area contributed by atoms with Crippen LogP contribution in [0.2, 0.25) is 0 Å². The summed E-state index contributed by atoms with van der Waals surface area (Å²) in [6, 6.07) is 21.4. The number of halogens is 1. The van der Waals surface area contributed by atoms with Crippen LogP contribution in [-0.4, -0.2) is 29.9 Å². The Morgan fingerprint density at radius 3 is 2.79 bits per heavy atom. The lowest BCUT2D eigenvalue weighted by molar-refractivity contribution is -0.110. The third-order valence-corrected chi connectivity index (χ3v) is 6.26. The topological polar surface area (TPSA) is 56.4 Å². The molecule has 3 aromatic carbocycles. The fraction of sp³-hybridized carbons (Fsp3) is 0.222. The number of likely N-dealkylation sites (tertiary alicyclic amines) is 1. The summed E-state index contributed by atoms with van der Waals surface area (Å²) in [5, 5.41) is 9.64. The van der Waals surface area contributed by atoms with Crippen LogP contribution in [0.3, 0.4) is 0 Å². The lowest BCUT2D eigenvalue weighted by atomic mass is 10.1. The number of aryl methyl sites for hydroxylation is 1. The smallest absolute Gasteiger partial charge is 0.257 e. The second-order valence-corrected chi connectivity index (χ2v) is 8.73. The Hall–Kier alpha value is -3.64. The average Bonchev–Trinajstić information content (AvgIpc) is 3.37. The van der Waals surface area contributed by atoms with E-state index in [2.05, 4.69) is 70.2 Å². The van der Waals surface area contributed by atoms with Crippen molar-refractivity contribution in [1.29, 1.82) is 0 Å². The molecule has 2 aliphatic rings. The summed E-state index contributed by atoms with van der Waals surface area (Å²) >= 11 is 0. The van der Waals surface area contributed by atoms with E-state index in [1.807, 2.05) is 6.07 Å². The Morgan fingerprint density at radius 2 is 1.97 bits per heavy atom. The lowest BCUT2D eigenvalue weighted by Gasteiger charge is -2.19. The van der Waals surface area contributed by atoms with Gasteiger partial charge in [-0.05, 0) is 60.9 Å². The highest BCUT2D eigenvalue weighted by atomic mass is 19.1. The number of hydrogen-bond donors (Lipinski definition) is 3. The Balaban J connectivity index is 1.21.